The Morgan fingerprint density at radius 3 is 2.54 bits per heavy atom. The number of carbonyl (C=O) groups excluding carboxylic acids is 1. The maximum atomic E-state index is 13.3. The zero-order chi connectivity index (χ0) is 19.7. The summed E-state index contributed by atoms with van der Waals surface area (Å²) in [7, 11) is 3.42. The van der Waals surface area contributed by atoms with Gasteiger partial charge in [-0.05, 0) is 42.5 Å². The van der Waals surface area contributed by atoms with Crippen molar-refractivity contribution >= 4 is 22.7 Å². The summed E-state index contributed by atoms with van der Waals surface area (Å²) >= 11 is 1.44. The molecule has 28 heavy (non-hydrogen) atoms. The van der Waals surface area contributed by atoms with Gasteiger partial charge in [-0.15, -0.1) is 0 Å². The van der Waals surface area contributed by atoms with Gasteiger partial charge in [0.2, 0.25) is 0 Å². The smallest absolute Gasteiger partial charge is 0.291 e. The van der Waals surface area contributed by atoms with Crippen molar-refractivity contribution in [2.24, 2.45) is 12.1 Å². The van der Waals surface area contributed by atoms with Gasteiger partial charge >= 0.3 is 0 Å². The number of rotatable bonds is 4. The van der Waals surface area contributed by atoms with E-state index in [1.807, 2.05) is 43.6 Å². The van der Waals surface area contributed by atoms with E-state index in [9.17, 15) is 9.18 Å². The lowest BCUT2D eigenvalue weighted by Gasteiger charge is -2.22. The van der Waals surface area contributed by atoms with Gasteiger partial charge in [-0.1, -0.05) is 30.0 Å². The third-order valence-electron chi connectivity index (χ3n) is 4.51. The molecule has 1 atom stereocenters. The molecule has 5 nitrogen and oxygen atoms in total. The molecule has 1 unspecified atom stereocenters. The van der Waals surface area contributed by atoms with Gasteiger partial charge in [0.1, 0.15) is 27.7 Å². The number of thioether (sulfide) groups is 1. The number of nitrogens with zero attached hydrogens (tertiary/aromatic N) is 3. The highest BCUT2D eigenvalue weighted by Crippen LogP contribution is 2.44. The molecular weight excluding hydrogens is 377 g/mol. The molecule has 2 heterocycles. The van der Waals surface area contributed by atoms with Gasteiger partial charge in [0, 0.05) is 24.4 Å². The van der Waals surface area contributed by atoms with Crippen LogP contribution in [-0.4, -0.2) is 27.6 Å². The molecule has 1 aromatic heterocycles. The standard InChI is InChI=1S/C21H18FN3O2S/c1-24-13-5-7-17(24)20(26)25-21(16-6-3-4-8-18(16)27-2)28-19(23-25)14-9-11-15(22)12-10-14/h3-13,21H,1-2H3. The second-order valence-corrected chi connectivity index (χ2v) is 7.35. The quantitative estimate of drug-likeness (QED) is 0.657. The van der Waals surface area contributed by atoms with Crippen LogP contribution < -0.4 is 4.74 Å². The van der Waals surface area contributed by atoms with Crippen molar-refractivity contribution in [1.82, 2.24) is 9.58 Å². The van der Waals surface area contributed by atoms with Crippen LogP contribution in [0, 0.1) is 5.82 Å². The first kappa shape index (κ1) is 18.3. The van der Waals surface area contributed by atoms with Crippen LogP contribution in [0.3, 0.4) is 0 Å². The number of halogens is 1. The summed E-state index contributed by atoms with van der Waals surface area (Å²) in [6.45, 7) is 0. The minimum atomic E-state index is -0.390. The van der Waals surface area contributed by atoms with Gasteiger partial charge in [-0.3, -0.25) is 4.79 Å². The van der Waals surface area contributed by atoms with Crippen LogP contribution in [0.5, 0.6) is 5.75 Å². The monoisotopic (exact) mass is 395 g/mol. The molecule has 0 saturated heterocycles. The average Bonchev–Trinajstić information content (AvgIpc) is 3.34. The minimum Gasteiger partial charge on any atom is -0.496 e. The van der Waals surface area contributed by atoms with E-state index in [0.29, 0.717) is 16.5 Å². The molecule has 1 aliphatic heterocycles. The van der Waals surface area contributed by atoms with Crippen LogP contribution in [0.15, 0.2) is 72.0 Å². The summed E-state index contributed by atoms with van der Waals surface area (Å²) in [5, 5.41) is 6.32. The number of aryl methyl sites for hydroxylation is 1. The topological polar surface area (TPSA) is 46.8 Å². The fourth-order valence-electron chi connectivity index (χ4n) is 3.07. The Kier molecular flexibility index (Phi) is 4.92. The number of hydrogen-bond acceptors (Lipinski definition) is 4. The maximum Gasteiger partial charge on any atom is 0.291 e. The summed E-state index contributed by atoms with van der Waals surface area (Å²) in [5.41, 5.74) is 2.14. The lowest BCUT2D eigenvalue weighted by atomic mass is 10.2. The highest BCUT2D eigenvalue weighted by atomic mass is 32.2. The lowest BCUT2D eigenvalue weighted by Crippen LogP contribution is -2.27. The van der Waals surface area contributed by atoms with Crippen LogP contribution in [0.1, 0.15) is 27.0 Å². The molecule has 0 radical (unpaired) electrons. The van der Waals surface area contributed by atoms with Gasteiger partial charge < -0.3 is 9.30 Å². The van der Waals surface area contributed by atoms with Crippen molar-refractivity contribution < 1.29 is 13.9 Å². The SMILES string of the molecule is COc1ccccc1C1SC(c2ccc(F)cc2)=NN1C(=O)c1cccn1C. The normalized spacial score (nSPS) is 16.2. The Morgan fingerprint density at radius 1 is 1.11 bits per heavy atom. The summed E-state index contributed by atoms with van der Waals surface area (Å²) in [5.74, 6) is 0.152. The average molecular weight is 395 g/mol. The Labute approximate surface area is 166 Å². The second-order valence-electron chi connectivity index (χ2n) is 6.28. The van der Waals surface area contributed by atoms with E-state index >= 15 is 0 Å². The highest BCUT2D eigenvalue weighted by Gasteiger charge is 2.36. The summed E-state index contributed by atoms with van der Waals surface area (Å²) in [6.07, 6.45) is 1.82. The number of carbonyl (C=O) groups is 1. The van der Waals surface area contributed by atoms with Crippen LogP contribution in [-0.2, 0) is 7.05 Å². The molecule has 142 valence electrons. The first-order valence-corrected chi connectivity index (χ1v) is 9.55. The molecule has 0 fully saturated rings. The zero-order valence-corrected chi connectivity index (χ0v) is 16.2. The summed E-state index contributed by atoms with van der Waals surface area (Å²) in [4.78, 5) is 13.2. The van der Waals surface area contributed by atoms with Gasteiger partial charge in [-0.25, -0.2) is 9.40 Å². The molecule has 0 saturated carbocycles. The predicted octanol–water partition coefficient (Wildman–Crippen LogP) is 4.42. The van der Waals surface area contributed by atoms with E-state index in [2.05, 4.69) is 5.10 Å². The van der Waals surface area contributed by atoms with E-state index in [0.717, 1.165) is 11.1 Å². The number of ether oxygens (including phenoxy) is 1. The first-order chi connectivity index (χ1) is 13.6. The number of para-hydroxylation sites is 1. The molecule has 1 amide bonds. The molecule has 7 heteroatoms. The molecule has 1 aliphatic rings. The third-order valence-corrected chi connectivity index (χ3v) is 5.73. The van der Waals surface area contributed by atoms with Crippen molar-refractivity contribution in [3.63, 3.8) is 0 Å². The van der Waals surface area contributed by atoms with Crippen molar-refractivity contribution in [2.45, 2.75) is 5.37 Å². The Hall–Kier alpha value is -3.06. The van der Waals surface area contributed by atoms with Gasteiger partial charge in [-0.2, -0.15) is 5.10 Å². The third kappa shape index (κ3) is 3.29. The van der Waals surface area contributed by atoms with E-state index in [1.165, 1.54) is 28.9 Å². The first-order valence-electron chi connectivity index (χ1n) is 8.67. The fraction of sp³-hybridized carbons (Fsp3) is 0.143. The second kappa shape index (κ2) is 7.52. The van der Waals surface area contributed by atoms with Crippen LogP contribution in [0.2, 0.25) is 0 Å². The van der Waals surface area contributed by atoms with E-state index in [1.54, 1.807) is 29.9 Å². The van der Waals surface area contributed by atoms with Crippen LogP contribution in [0.4, 0.5) is 4.39 Å². The number of methoxy groups -OCH3 is 1. The van der Waals surface area contributed by atoms with E-state index in [-0.39, 0.29) is 11.7 Å². The lowest BCUT2D eigenvalue weighted by molar-refractivity contribution is 0.0738. The molecule has 3 aromatic rings. The van der Waals surface area contributed by atoms with Gasteiger partial charge in [0.05, 0.1) is 7.11 Å². The highest BCUT2D eigenvalue weighted by molar-refractivity contribution is 8.14. The summed E-state index contributed by atoms with van der Waals surface area (Å²) in [6, 6.07) is 17.2. The van der Waals surface area contributed by atoms with Crippen molar-refractivity contribution in [2.75, 3.05) is 7.11 Å². The van der Waals surface area contributed by atoms with Crippen LogP contribution in [0.25, 0.3) is 0 Å². The zero-order valence-electron chi connectivity index (χ0n) is 15.4. The largest absolute Gasteiger partial charge is 0.496 e. The Balaban J connectivity index is 1.77. The van der Waals surface area contributed by atoms with Crippen LogP contribution >= 0.6 is 11.8 Å². The fourth-order valence-corrected chi connectivity index (χ4v) is 4.25. The van der Waals surface area contributed by atoms with Gasteiger partial charge in [0.15, 0.2) is 0 Å². The van der Waals surface area contributed by atoms with Crippen molar-refractivity contribution in [3.8, 4) is 5.75 Å². The van der Waals surface area contributed by atoms with Gasteiger partial charge in [0.25, 0.3) is 5.91 Å². The number of aromatic nitrogens is 1. The number of hydrazone groups is 1. The summed E-state index contributed by atoms with van der Waals surface area (Å²) < 4.78 is 20.6. The Morgan fingerprint density at radius 2 is 1.86 bits per heavy atom. The maximum absolute atomic E-state index is 13.3. The van der Waals surface area contributed by atoms with E-state index < -0.39 is 5.37 Å². The number of hydrogen-bond donors (Lipinski definition) is 0. The number of amides is 1. The molecule has 0 bridgehead atoms. The molecule has 4 rings (SSSR count). The molecular formula is C21H18FN3O2S. The number of benzene rings is 2. The van der Waals surface area contributed by atoms with Crippen molar-refractivity contribution in [1.29, 1.82) is 0 Å². The predicted molar refractivity (Wildman–Crippen MR) is 108 cm³/mol. The van der Waals surface area contributed by atoms with Crippen molar-refractivity contribution in [3.05, 3.63) is 89.5 Å². The van der Waals surface area contributed by atoms with E-state index in [4.69, 9.17) is 4.74 Å². The molecule has 0 spiro atoms. The molecule has 2 aromatic carbocycles. The molecule has 0 aliphatic carbocycles. The Bertz CT molecular complexity index is 1050. The molecule has 0 N–H and O–H groups in total. The minimum absolute atomic E-state index is 0.215.